The van der Waals surface area contributed by atoms with E-state index in [-0.39, 0.29) is 11.3 Å². The minimum Gasteiger partial charge on any atom is -0.380 e. The maximum atomic E-state index is 10.9. The summed E-state index contributed by atoms with van der Waals surface area (Å²) in [5.74, 6) is 0. The zero-order valence-corrected chi connectivity index (χ0v) is 9.87. The van der Waals surface area contributed by atoms with Crippen LogP contribution in [0.2, 0.25) is 0 Å². The SMILES string of the molecule is O=Cc1cc(N2CCCOCC2)ccc1[N+](=O)[O-]. The monoisotopic (exact) mass is 250 g/mol. The summed E-state index contributed by atoms with van der Waals surface area (Å²) in [6.45, 7) is 2.92. The lowest BCUT2D eigenvalue weighted by molar-refractivity contribution is -0.385. The van der Waals surface area contributed by atoms with Crippen molar-refractivity contribution in [3.05, 3.63) is 33.9 Å². The van der Waals surface area contributed by atoms with E-state index in [4.69, 9.17) is 4.74 Å². The van der Waals surface area contributed by atoms with Crippen molar-refractivity contribution in [1.82, 2.24) is 0 Å². The van der Waals surface area contributed by atoms with Crippen molar-refractivity contribution in [2.75, 3.05) is 31.2 Å². The molecular weight excluding hydrogens is 236 g/mol. The Hall–Kier alpha value is -1.95. The molecule has 0 saturated carbocycles. The summed E-state index contributed by atoms with van der Waals surface area (Å²) in [6, 6.07) is 4.62. The predicted molar refractivity (Wildman–Crippen MR) is 66.1 cm³/mol. The maximum Gasteiger partial charge on any atom is 0.280 e. The molecule has 0 amide bonds. The number of carbonyl (C=O) groups is 1. The van der Waals surface area contributed by atoms with Gasteiger partial charge < -0.3 is 9.64 Å². The van der Waals surface area contributed by atoms with Crippen LogP contribution in [0.15, 0.2) is 18.2 Å². The largest absolute Gasteiger partial charge is 0.380 e. The lowest BCUT2D eigenvalue weighted by Crippen LogP contribution is -2.25. The maximum absolute atomic E-state index is 10.9. The Balaban J connectivity index is 2.28. The van der Waals surface area contributed by atoms with Crippen molar-refractivity contribution < 1.29 is 14.5 Å². The lowest BCUT2D eigenvalue weighted by atomic mass is 10.1. The van der Waals surface area contributed by atoms with Crippen molar-refractivity contribution in [3.8, 4) is 0 Å². The minimum atomic E-state index is -0.543. The number of anilines is 1. The van der Waals surface area contributed by atoms with Gasteiger partial charge in [0.05, 0.1) is 17.1 Å². The topological polar surface area (TPSA) is 72.7 Å². The first-order chi connectivity index (χ1) is 8.72. The van der Waals surface area contributed by atoms with Gasteiger partial charge in [-0.05, 0) is 18.6 Å². The van der Waals surface area contributed by atoms with Crippen LogP contribution >= 0.6 is 0 Å². The molecule has 96 valence electrons. The Morgan fingerprint density at radius 2 is 2.17 bits per heavy atom. The summed E-state index contributed by atoms with van der Waals surface area (Å²) in [4.78, 5) is 23.2. The molecule has 0 radical (unpaired) electrons. The summed E-state index contributed by atoms with van der Waals surface area (Å²) in [5, 5.41) is 10.7. The molecule has 1 aromatic carbocycles. The van der Waals surface area contributed by atoms with E-state index in [0.29, 0.717) is 12.9 Å². The van der Waals surface area contributed by atoms with Gasteiger partial charge in [-0.1, -0.05) is 0 Å². The number of hydrogen-bond acceptors (Lipinski definition) is 5. The quantitative estimate of drug-likeness (QED) is 0.463. The van der Waals surface area contributed by atoms with E-state index in [1.807, 2.05) is 0 Å². The highest BCUT2D eigenvalue weighted by Crippen LogP contribution is 2.24. The second-order valence-corrected chi connectivity index (χ2v) is 4.07. The lowest BCUT2D eigenvalue weighted by Gasteiger charge is -2.22. The van der Waals surface area contributed by atoms with Gasteiger partial charge in [0.1, 0.15) is 0 Å². The molecule has 0 aliphatic carbocycles. The third-order valence-electron chi connectivity index (χ3n) is 2.92. The zero-order chi connectivity index (χ0) is 13.0. The standard InChI is InChI=1S/C12H14N2O4/c15-9-10-8-11(2-3-12(10)14(16)17)13-4-1-6-18-7-5-13/h2-3,8-9H,1,4-7H2. The van der Waals surface area contributed by atoms with Crippen LogP contribution in [0.1, 0.15) is 16.8 Å². The van der Waals surface area contributed by atoms with Crippen LogP contribution < -0.4 is 4.90 Å². The fourth-order valence-corrected chi connectivity index (χ4v) is 2.00. The third-order valence-corrected chi connectivity index (χ3v) is 2.92. The Morgan fingerprint density at radius 1 is 1.33 bits per heavy atom. The van der Waals surface area contributed by atoms with Gasteiger partial charge in [-0.3, -0.25) is 14.9 Å². The Bertz CT molecular complexity index is 453. The second-order valence-electron chi connectivity index (χ2n) is 4.07. The average Bonchev–Trinajstić information content (AvgIpc) is 2.66. The van der Waals surface area contributed by atoms with Gasteiger partial charge in [0.15, 0.2) is 6.29 Å². The average molecular weight is 250 g/mol. The molecule has 1 aliphatic heterocycles. The highest BCUT2D eigenvalue weighted by atomic mass is 16.6. The number of nitrogens with zero attached hydrogens (tertiary/aromatic N) is 2. The van der Waals surface area contributed by atoms with Crippen molar-refractivity contribution in [2.24, 2.45) is 0 Å². The molecule has 6 nitrogen and oxygen atoms in total. The highest BCUT2D eigenvalue weighted by Gasteiger charge is 2.16. The van der Waals surface area contributed by atoms with E-state index in [9.17, 15) is 14.9 Å². The van der Waals surface area contributed by atoms with Gasteiger partial charge in [0.2, 0.25) is 0 Å². The van der Waals surface area contributed by atoms with Gasteiger partial charge in [-0.15, -0.1) is 0 Å². The molecule has 0 unspecified atom stereocenters. The first-order valence-corrected chi connectivity index (χ1v) is 5.78. The van der Waals surface area contributed by atoms with Crippen LogP contribution in [0.25, 0.3) is 0 Å². The van der Waals surface area contributed by atoms with Crippen LogP contribution in [0, 0.1) is 10.1 Å². The Morgan fingerprint density at radius 3 is 2.89 bits per heavy atom. The molecule has 0 N–H and O–H groups in total. The number of nitro groups is 1. The Kier molecular flexibility index (Phi) is 3.88. The molecule has 0 bridgehead atoms. The van der Waals surface area contributed by atoms with Crippen LogP contribution in [-0.4, -0.2) is 37.5 Å². The van der Waals surface area contributed by atoms with Gasteiger partial charge in [-0.25, -0.2) is 0 Å². The first-order valence-electron chi connectivity index (χ1n) is 5.78. The number of nitro benzene ring substituents is 1. The fourth-order valence-electron chi connectivity index (χ4n) is 2.00. The number of benzene rings is 1. The van der Waals surface area contributed by atoms with Crippen molar-refractivity contribution >= 4 is 17.7 Å². The van der Waals surface area contributed by atoms with Gasteiger partial charge >= 0.3 is 0 Å². The number of hydrogen-bond donors (Lipinski definition) is 0. The van der Waals surface area contributed by atoms with E-state index in [2.05, 4.69) is 4.90 Å². The molecule has 1 aromatic rings. The number of ether oxygens (including phenoxy) is 1. The number of aldehydes is 1. The summed E-state index contributed by atoms with van der Waals surface area (Å²) >= 11 is 0. The molecule has 0 aromatic heterocycles. The molecule has 1 heterocycles. The van der Waals surface area contributed by atoms with Crippen molar-refractivity contribution in [3.63, 3.8) is 0 Å². The summed E-state index contributed by atoms with van der Waals surface area (Å²) in [6.07, 6.45) is 1.43. The number of rotatable bonds is 3. The second kappa shape index (κ2) is 5.59. The van der Waals surface area contributed by atoms with E-state index in [1.54, 1.807) is 12.1 Å². The summed E-state index contributed by atoms with van der Waals surface area (Å²) in [7, 11) is 0. The molecule has 2 rings (SSSR count). The normalized spacial score (nSPS) is 16.1. The van der Waals surface area contributed by atoms with E-state index in [1.165, 1.54) is 6.07 Å². The van der Waals surface area contributed by atoms with Crippen LogP contribution in [0.5, 0.6) is 0 Å². The third kappa shape index (κ3) is 2.65. The van der Waals surface area contributed by atoms with Crippen LogP contribution in [0.3, 0.4) is 0 Å². The van der Waals surface area contributed by atoms with Gasteiger partial charge in [0, 0.05) is 31.5 Å². The van der Waals surface area contributed by atoms with Gasteiger partial charge in [0.25, 0.3) is 5.69 Å². The van der Waals surface area contributed by atoms with Crippen molar-refractivity contribution in [1.29, 1.82) is 0 Å². The van der Waals surface area contributed by atoms with Gasteiger partial charge in [-0.2, -0.15) is 0 Å². The van der Waals surface area contributed by atoms with E-state index in [0.717, 1.165) is 31.8 Å². The molecule has 0 atom stereocenters. The minimum absolute atomic E-state index is 0.114. The van der Waals surface area contributed by atoms with E-state index < -0.39 is 4.92 Å². The molecule has 6 heteroatoms. The highest BCUT2D eigenvalue weighted by molar-refractivity contribution is 5.83. The van der Waals surface area contributed by atoms with Crippen LogP contribution in [-0.2, 0) is 4.74 Å². The summed E-state index contributed by atoms with van der Waals surface area (Å²) in [5.41, 5.74) is 0.788. The summed E-state index contributed by atoms with van der Waals surface area (Å²) < 4.78 is 5.35. The Labute approximate surface area is 104 Å². The predicted octanol–water partition coefficient (Wildman–Crippen LogP) is 1.63. The van der Waals surface area contributed by atoms with Crippen LogP contribution in [0.4, 0.5) is 11.4 Å². The zero-order valence-electron chi connectivity index (χ0n) is 9.87. The van der Waals surface area contributed by atoms with E-state index >= 15 is 0 Å². The fraction of sp³-hybridized carbons (Fsp3) is 0.417. The molecule has 0 spiro atoms. The molecule has 1 saturated heterocycles. The van der Waals surface area contributed by atoms with Crippen molar-refractivity contribution in [2.45, 2.75) is 6.42 Å². The smallest absolute Gasteiger partial charge is 0.280 e. The molecule has 1 aliphatic rings. The first kappa shape index (κ1) is 12.5. The molecule has 1 fully saturated rings. The number of carbonyl (C=O) groups excluding carboxylic acids is 1. The molecular formula is C12H14N2O4. The molecule has 18 heavy (non-hydrogen) atoms.